The van der Waals surface area contributed by atoms with Crippen LogP contribution in [0.15, 0.2) is 82.5 Å². The first kappa shape index (κ1) is 23.7. The van der Waals surface area contributed by atoms with E-state index in [4.69, 9.17) is 25.7 Å². The summed E-state index contributed by atoms with van der Waals surface area (Å²) >= 11 is 6.04. The molecule has 0 radical (unpaired) electrons. The lowest BCUT2D eigenvalue weighted by Gasteiger charge is -2.10. The number of nitrogens with one attached hydrogen (secondary N) is 1. The molecule has 10 nitrogen and oxygen atoms in total. The van der Waals surface area contributed by atoms with Crippen LogP contribution in [0.25, 0.3) is 27.9 Å². The molecule has 0 amide bonds. The lowest BCUT2D eigenvalue weighted by Crippen LogP contribution is -2.13. The Hall–Kier alpha value is -4.70. The fourth-order valence-electron chi connectivity index (χ4n) is 4.17. The molecule has 0 saturated carbocycles. The molecule has 190 valence electrons. The van der Waals surface area contributed by atoms with Crippen molar-refractivity contribution in [1.29, 1.82) is 0 Å². The van der Waals surface area contributed by atoms with E-state index in [1.165, 1.54) is 6.07 Å². The molecule has 0 unspecified atom stereocenters. The molecule has 0 atom stereocenters. The molecule has 38 heavy (non-hydrogen) atoms. The lowest BCUT2D eigenvalue weighted by atomic mass is 10.1. The van der Waals surface area contributed by atoms with Crippen molar-refractivity contribution in [3.8, 4) is 17.0 Å². The molecule has 11 heteroatoms. The highest BCUT2D eigenvalue weighted by Crippen LogP contribution is 2.24. The standard InChI is InChI=1S/C27H22ClN7O3/c1-17-12-25(36)38-24-13-21(6-7-22(17)24)37-16-20-14-35(33-32-20)11-9-29-26-27-30-8-10-34(27)15-23(31-26)18-2-4-19(28)5-3-18/h2-8,10,12-15H,9,11,16H2,1H3,(H,29,31). The molecule has 0 spiro atoms. The summed E-state index contributed by atoms with van der Waals surface area (Å²) in [6.45, 7) is 3.23. The molecule has 0 bridgehead atoms. The Bertz CT molecular complexity index is 1810. The van der Waals surface area contributed by atoms with Crippen molar-refractivity contribution >= 4 is 34.0 Å². The minimum absolute atomic E-state index is 0.231. The van der Waals surface area contributed by atoms with Crippen molar-refractivity contribution in [2.75, 3.05) is 11.9 Å². The molecule has 0 fully saturated rings. The number of aromatic nitrogens is 6. The van der Waals surface area contributed by atoms with Crippen LogP contribution in [0.2, 0.25) is 5.02 Å². The number of aryl methyl sites for hydroxylation is 1. The van der Waals surface area contributed by atoms with Crippen LogP contribution in [-0.2, 0) is 13.2 Å². The zero-order valence-electron chi connectivity index (χ0n) is 20.3. The van der Waals surface area contributed by atoms with Gasteiger partial charge in [-0.25, -0.2) is 14.8 Å². The summed E-state index contributed by atoms with van der Waals surface area (Å²) in [6, 6.07) is 14.4. The number of benzene rings is 2. The molecule has 0 saturated heterocycles. The molecule has 2 aromatic carbocycles. The summed E-state index contributed by atoms with van der Waals surface area (Å²) in [6.07, 6.45) is 7.39. The van der Waals surface area contributed by atoms with E-state index in [9.17, 15) is 4.79 Å². The molecule has 1 N–H and O–H groups in total. The van der Waals surface area contributed by atoms with E-state index in [0.29, 0.717) is 41.0 Å². The van der Waals surface area contributed by atoms with Crippen molar-refractivity contribution in [2.45, 2.75) is 20.1 Å². The summed E-state index contributed by atoms with van der Waals surface area (Å²) in [5, 5.41) is 13.3. The number of halogens is 1. The predicted molar refractivity (Wildman–Crippen MR) is 143 cm³/mol. The van der Waals surface area contributed by atoms with E-state index < -0.39 is 0 Å². The van der Waals surface area contributed by atoms with Gasteiger partial charge in [-0.1, -0.05) is 28.9 Å². The maximum absolute atomic E-state index is 11.7. The lowest BCUT2D eigenvalue weighted by molar-refractivity contribution is 0.301. The minimum Gasteiger partial charge on any atom is -0.487 e. The molecular weight excluding hydrogens is 506 g/mol. The second kappa shape index (κ2) is 9.98. The largest absolute Gasteiger partial charge is 0.487 e. The van der Waals surface area contributed by atoms with E-state index in [-0.39, 0.29) is 12.2 Å². The Morgan fingerprint density at radius 2 is 1.97 bits per heavy atom. The summed E-state index contributed by atoms with van der Waals surface area (Å²) in [4.78, 5) is 20.9. The van der Waals surface area contributed by atoms with E-state index >= 15 is 0 Å². The van der Waals surface area contributed by atoms with Crippen LogP contribution in [-0.4, -0.2) is 35.9 Å². The second-order valence-electron chi connectivity index (χ2n) is 8.73. The topological polar surface area (TPSA) is 112 Å². The summed E-state index contributed by atoms with van der Waals surface area (Å²) in [7, 11) is 0. The van der Waals surface area contributed by atoms with Crippen LogP contribution in [0, 0.1) is 6.92 Å². The highest BCUT2D eigenvalue weighted by Gasteiger charge is 2.10. The van der Waals surface area contributed by atoms with E-state index in [0.717, 1.165) is 27.9 Å². The summed E-state index contributed by atoms with van der Waals surface area (Å²) in [5.41, 5.74) is 4.13. The number of imidazole rings is 1. The third kappa shape index (κ3) is 4.94. The van der Waals surface area contributed by atoms with Gasteiger partial charge in [0.25, 0.3) is 0 Å². The number of hydrogen-bond acceptors (Lipinski definition) is 8. The minimum atomic E-state index is -0.385. The molecule has 4 aromatic heterocycles. The normalized spacial score (nSPS) is 11.3. The van der Waals surface area contributed by atoms with E-state index in [2.05, 4.69) is 20.6 Å². The van der Waals surface area contributed by atoms with Crippen LogP contribution in [0.1, 0.15) is 11.3 Å². The van der Waals surface area contributed by atoms with Crippen LogP contribution in [0.5, 0.6) is 5.75 Å². The van der Waals surface area contributed by atoms with Gasteiger partial charge in [-0.2, -0.15) is 0 Å². The van der Waals surface area contributed by atoms with Gasteiger partial charge >= 0.3 is 5.63 Å². The number of fused-ring (bicyclic) bond motifs is 2. The molecular formula is C27H22ClN7O3. The van der Waals surface area contributed by atoms with Crippen molar-refractivity contribution in [3.05, 3.63) is 100 Å². The second-order valence-corrected chi connectivity index (χ2v) is 9.17. The number of hydrogen-bond donors (Lipinski definition) is 1. The van der Waals surface area contributed by atoms with Gasteiger partial charge in [-0.3, -0.25) is 4.68 Å². The molecule has 0 aliphatic heterocycles. The number of ether oxygens (including phenoxy) is 1. The van der Waals surface area contributed by atoms with Crippen LogP contribution >= 0.6 is 11.6 Å². The molecule has 6 rings (SSSR count). The van der Waals surface area contributed by atoms with Gasteiger partial charge in [0.15, 0.2) is 11.5 Å². The molecule has 0 aliphatic carbocycles. The van der Waals surface area contributed by atoms with Gasteiger partial charge in [-0.15, -0.1) is 5.10 Å². The molecule has 4 heterocycles. The Morgan fingerprint density at radius 1 is 1.11 bits per heavy atom. The van der Waals surface area contributed by atoms with Gasteiger partial charge < -0.3 is 18.9 Å². The first-order valence-corrected chi connectivity index (χ1v) is 12.3. The average Bonchev–Trinajstić information content (AvgIpc) is 3.57. The van der Waals surface area contributed by atoms with Crippen LogP contribution in [0.3, 0.4) is 0 Å². The monoisotopic (exact) mass is 527 g/mol. The average molecular weight is 528 g/mol. The highest BCUT2D eigenvalue weighted by molar-refractivity contribution is 6.30. The summed E-state index contributed by atoms with van der Waals surface area (Å²) in [5.74, 6) is 1.25. The fourth-order valence-corrected chi connectivity index (χ4v) is 4.29. The maximum atomic E-state index is 11.7. The van der Waals surface area contributed by atoms with Crippen LogP contribution in [0.4, 0.5) is 5.82 Å². The number of rotatable bonds is 8. The Balaban J connectivity index is 1.10. The van der Waals surface area contributed by atoms with E-state index in [1.807, 2.05) is 66.3 Å². The highest BCUT2D eigenvalue weighted by atomic mass is 35.5. The zero-order chi connectivity index (χ0) is 26.1. The van der Waals surface area contributed by atoms with Gasteiger partial charge in [0, 0.05) is 53.2 Å². The predicted octanol–water partition coefficient (Wildman–Crippen LogP) is 4.75. The van der Waals surface area contributed by atoms with Gasteiger partial charge in [-0.05, 0) is 36.8 Å². The molecule has 0 aliphatic rings. The van der Waals surface area contributed by atoms with Crippen molar-refractivity contribution in [2.24, 2.45) is 0 Å². The first-order valence-electron chi connectivity index (χ1n) is 11.9. The van der Waals surface area contributed by atoms with Gasteiger partial charge in [0.2, 0.25) is 0 Å². The van der Waals surface area contributed by atoms with Crippen molar-refractivity contribution in [1.82, 2.24) is 29.4 Å². The third-order valence-corrected chi connectivity index (χ3v) is 6.30. The van der Waals surface area contributed by atoms with Gasteiger partial charge in [0.05, 0.1) is 18.4 Å². The quantitative estimate of drug-likeness (QED) is 0.282. The maximum Gasteiger partial charge on any atom is 0.336 e. The Kier molecular flexibility index (Phi) is 6.22. The van der Waals surface area contributed by atoms with Crippen molar-refractivity contribution < 1.29 is 9.15 Å². The smallest absolute Gasteiger partial charge is 0.336 e. The van der Waals surface area contributed by atoms with Crippen LogP contribution < -0.4 is 15.7 Å². The van der Waals surface area contributed by atoms with Crippen molar-refractivity contribution in [3.63, 3.8) is 0 Å². The van der Waals surface area contributed by atoms with E-state index in [1.54, 1.807) is 16.9 Å². The molecule has 6 aromatic rings. The van der Waals surface area contributed by atoms with Gasteiger partial charge in [0.1, 0.15) is 23.6 Å². The SMILES string of the molecule is Cc1cc(=O)oc2cc(OCc3cn(CCNc4nc(-c5ccc(Cl)cc5)cn5ccnc45)nn3)ccc12. The first-order chi connectivity index (χ1) is 18.5. The number of anilines is 1. The Morgan fingerprint density at radius 3 is 2.84 bits per heavy atom. The summed E-state index contributed by atoms with van der Waals surface area (Å²) < 4.78 is 14.8. The number of nitrogens with zero attached hydrogens (tertiary/aromatic N) is 6. The third-order valence-electron chi connectivity index (χ3n) is 6.04. The zero-order valence-corrected chi connectivity index (χ0v) is 21.1. The fraction of sp³-hybridized carbons (Fsp3) is 0.148. The Labute approximate surface area is 221 Å².